The third-order valence-corrected chi connectivity index (χ3v) is 11.9. The summed E-state index contributed by atoms with van der Waals surface area (Å²) in [6.45, 7) is 8.52. The number of aromatic nitrogens is 4. The van der Waals surface area contributed by atoms with Crippen LogP contribution < -0.4 is 15.4 Å². The molecule has 2 aromatic heterocycles. The van der Waals surface area contributed by atoms with Crippen LogP contribution in [0.5, 0.6) is 11.5 Å². The van der Waals surface area contributed by atoms with Gasteiger partial charge in [0, 0.05) is 49.0 Å². The van der Waals surface area contributed by atoms with Crippen molar-refractivity contribution < 1.29 is 22.7 Å². The van der Waals surface area contributed by atoms with Crippen LogP contribution in [0.15, 0.2) is 54.7 Å². The van der Waals surface area contributed by atoms with Gasteiger partial charge in [0.15, 0.2) is 23.2 Å². The first kappa shape index (κ1) is 37.5. The Morgan fingerprint density at radius 2 is 1.88 bits per heavy atom. The molecule has 52 heavy (non-hydrogen) atoms. The van der Waals surface area contributed by atoms with Gasteiger partial charge in [-0.1, -0.05) is 51.5 Å². The van der Waals surface area contributed by atoms with Gasteiger partial charge in [0.2, 0.25) is 11.7 Å². The highest BCUT2D eigenvalue weighted by Gasteiger charge is 2.36. The lowest BCUT2D eigenvalue weighted by Gasteiger charge is -2.31. The molecular weight excluding hydrogens is 686 g/mol. The Hall–Kier alpha value is -4.29. The van der Waals surface area contributed by atoms with Gasteiger partial charge >= 0.3 is 0 Å². The van der Waals surface area contributed by atoms with E-state index in [2.05, 4.69) is 48.5 Å². The molecule has 12 heteroatoms. The van der Waals surface area contributed by atoms with Gasteiger partial charge in [0.05, 0.1) is 16.5 Å². The second-order valence-electron chi connectivity index (χ2n) is 14.9. The van der Waals surface area contributed by atoms with Crippen LogP contribution in [-0.2, 0) is 23.7 Å². The number of halogens is 3. The number of ether oxygens (including phenoxy) is 1. The Kier molecular flexibility index (Phi) is 10.8. The molecule has 1 amide bonds. The molecule has 3 N–H and O–H groups in total. The smallest absolute Gasteiger partial charge is 0.222 e. The van der Waals surface area contributed by atoms with Crippen LogP contribution in [0.3, 0.4) is 0 Å². The van der Waals surface area contributed by atoms with Crippen LogP contribution in [0.1, 0.15) is 75.5 Å². The lowest BCUT2D eigenvalue weighted by Crippen LogP contribution is -2.28. The number of hydrogen-bond acceptors (Lipinski definition) is 6. The number of nitrogens with one attached hydrogen (secondary N) is 3. The van der Waals surface area contributed by atoms with E-state index in [0.29, 0.717) is 28.9 Å². The minimum absolute atomic E-state index is 0.0210. The van der Waals surface area contributed by atoms with Gasteiger partial charge in [-0.05, 0) is 79.8 Å². The summed E-state index contributed by atoms with van der Waals surface area (Å²) in [5.74, 6) is -0.871. The SMILES string of the molecule is CNC(=O)C(C)Cc1cccc([C@@]2(C)CCCC(C)(C)CSCC(NC)c3c(c(F)c(F)c4[nH]ccc34)Oc3ccc(F)c(c3)-c3nc2nn3C)c1. The molecule has 3 aromatic carbocycles. The van der Waals surface area contributed by atoms with E-state index in [9.17, 15) is 4.79 Å². The summed E-state index contributed by atoms with van der Waals surface area (Å²) in [5.41, 5.74) is 1.99. The second-order valence-corrected chi connectivity index (χ2v) is 15.9. The molecular formula is C40H47F3N6O2S. The molecule has 2 unspecified atom stereocenters. The summed E-state index contributed by atoms with van der Waals surface area (Å²) in [6.07, 6.45) is 4.65. The number of amides is 1. The molecule has 0 fully saturated rings. The van der Waals surface area contributed by atoms with Crippen LogP contribution in [0.2, 0.25) is 0 Å². The molecule has 3 atom stereocenters. The maximum absolute atomic E-state index is 16.0. The van der Waals surface area contributed by atoms with Crippen molar-refractivity contribution in [3.63, 3.8) is 0 Å². The number of rotatable bonds is 5. The van der Waals surface area contributed by atoms with E-state index in [1.54, 1.807) is 49.8 Å². The van der Waals surface area contributed by atoms with Crippen LogP contribution in [0.4, 0.5) is 13.2 Å². The Bertz CT molecular complexity index is 2100. The van der Waals surface area contributed by atoms with Crippen LogP contribution >= 0.6 is 11.8 Å². The molecule has 0 saturated heterocycles. The topological polar surface area (TPSA) is 96.9 Å². The summed E-state index contributed by atoms with van der Waals surface area (Å²) < 4.78 is 54.9. The number of nitrogens with zero attached hydrogens (tertiary/aromatic N) is 3. The molecule has 0 radical (unpaired) electrons. The van der Waals surface area contributed by atoms with Gasteiger partial charge in [0.25, 0.3) is 0 Å². The van der Waals surface area contributed by atoms with E-state index in [-0.39, 0.29) is 51.7 Å². The number of H-pyrrole nitrogens is 1. The van der Waals surface area contributed by atoms with E-state index in [1.165, 1.54) is 18.2 Å². The van der Waals surface area contributed by atoms with Gasteiger partial charge in [0.1, 0.15) is 11.6 Å². The molecule has 1 aliphatic heterocycles. The number of carbonyl (C=O) groups is 1. The second kappa shape index (κ2) is 15.0. The number of hydrogen-bond donors (Lipinski definition) is 3. The number of aryl methyl sites for hydroxylation is 1. The highest BCUT2D eigenvalue weighted by Crippen LogP contribution is 2.44. The van der Waals surface area contributed by atoms with Crippen molar-refractivity contribution in [2.24, 2.45) is 18.4 Å². The number of aromatic amines is 1. The highest BCUT2D eigenvalue weighted by molar-refractivity contribution is 7.99. The molecule has 4 bridgehead atoms. The van der Waals surface area contributed by atoms with Gasteiger partial charge in [-0.3, -0.25) is 4.79 Å². The first-order valence-corrected chi connectivity index (χ1v) is 18.8. The molecule has 3 heterocycles. The summed E-state index contributed by atoms with van der Waals surface area (Å²) in [4.78, 5) is 20.2. The van der Waals surface area contributed by atoms with E-state index in [0.717, 1.165) is 36.1 Å². The predicted molar refractivity (Wildman–Crippen MR) is 201 cm³/mol. The van der Waals surface area contributed by atoms with Crippen molar-refractivity contribution in [1.82, 2.24) is 30.4 Å². The Labute approximate surface area is 307 Å². The van der Waals surface area contributed by atoms with Gasteiger partial charge in [-0.2, -0.15) is 21.3 Å². The van der Waals surface area contributed by atoms with Crippen LogP contribution in [0, 0.1) is 28.8 Å². The average Bonchev–Trinajstić information content (AvgIpc) is 3.77. The Morgan fingerprint density at radius 3 is 2.63 bits per heavy atom. The number of carbonyl (C=O) groups excluding carboxylic acids is 1. The fourth-order valence-corrected chi connectivity index (χ4v) is 8.64. The average molecular weight is 733 g/mol. The first-order valence-electron chi connectivity index (χ1n) is 17.7. The normalized spacial score (nSPS) is 20.0. The number of thioether (sulfide) groups is 1. The molecule has 5 aromatic rings. The standard InChI is InChI=1S/C40H47F3N6O2S/c1-23(37(50)45-6)18-24-10-8-11-25(19-24)40(4)16-9-15-39(2,3)22-52-21-30(44-5)31-27-14-17-46-34(27)32(42)33(43)35(31)51-26-12-13-29(41)28(20-26)36-47-38(40)48-49(36)7/h8,10-14,17,19-20,23,30,44,46H,9,15-16,18,21-22H2,1-7H3,(H,45,50)/t23?,30?,40-/m1/s1. The van der Waals surface area contributed by atoms with E-state index >= 15 is 13.2 Å². The minimum Gasteiger partial charge on any atom is -0.454 e. The molecule has 1 aliphatic rings. The fraction of sp³-hybridized carbons (Fsp3) is 0.425. The minimum atomic E-state index is -1.13. The van der Waals surface area contributed by atoms with E-state index in [4.69, 9.17) is 14.8 Å². The van der Waals surface area contributed by atoms with E-state index in [1.807, 2.05) is 19.1 Å². The van der Waals surface area contributed by atoms with Crippen LogP contribution in [0.25, 0.3) is 22.3 Å². The third kappa shape index (κ3) is 7.32. The number of benzene rings is 3. The monoisotopic (exact) mass is 732 g/mol. The molecule has 0 aliphatic carbocycles. The molecule has 276 valence electrons. The summed E-state index contributed by atoms with van der Waals surface area (Å²) in [7, 11) is 5.15. The quantitative estimate of drug-likeness (QED) is 0.168. The zero-order chi connectivity index (χ0) is 37.4. The lowest BCUT2D eigenvalue weighted by molar-refractivity contribution is -0.123. The number of fused-ring (bicyclic) bond motifs is 8. The maximum atomic E-state index is 16.0. The molecule has 6 rings (SSSR count). The summed E-state index contributed by atoms with van der Waals surface area (Å²) in [5, 5.41) is 11.4. The highest BCUT2D eigenvalue weighted by atomic mass is 32.2. The van der Waals surface area contributed by atoms with Crippen molar-refractivity contribution in [1.29, 1.82) is 0 Å². The van der Waals surface area contributed by atoms with Crippen molar-refractivity contribution in [3.05, 3.63) is 94.7 Å². The Morgan fingerprint density at radius 1 is 1.10 bits per heavy atom. The zero-order valence-corrected chi connectivity index (χ0v) is 31.6. The first-order chi connectivity index (χ1) is 24.8. The van der Waals surface area contributed by atoms with Gasteiger partial charge in [-0.15, -0.1) is 0 Å². The third-order valence-electron chi connectivity index (χ3n) is 10.4. The van der Waals surface area contributed by atoms with Crippen molar-refractivity contribution in [3.8, 4) is 22.9 Å². The van der Waals surface area contributed by atoms with Crippen molar-refractivity contribution in [2.45, 2.75) is 64.8 Å². The van der Waals surface area contributed by atoms with E-state index < -0.39 is 22.9 Å². The van der Waals surface area contributed by atoms with Crippen molar-refractivity contribution in [2.75, 3.05) is 25.6 Å². The summed E-state index contributed by atoms with van der Waals surface area (Å²) >= 11 is 1.74. The maximum Gasteiger partial charge on any atom is 0.222 e. The zero-order valence-electron chi connectivity index (χ0n) is 30.8. The lowest BCUT2D eigenvalue weighted by atomic mass is 9.75. The van der Waals surface area contributed by atoms with Crippen molar-refractivity contribution >= 4 is 28.6 Å². The Balaban J connectivity index is 1.49. The predicted octanol–water partition coefficient (Wildman–Crippen LogP) is 8.61. The molecule has 0 saturated carbocycles. The summed E-state index contributed by atoms with van der Waals surface area (Å²) in [6, 6.07) is 13.7. The van der Waals surface area contributed by atoms with Crippen LogP contribution in [-0.4, -0.2) is 51.3 Å². The van der Waals surface area contributed by atoms with Gasteiger partial charge in [-0.25, -0.2) is 18.4 Å². The molecule has 8 nitrogen and oxygen atoms in total. The largest absolute Gasteiger partial charge is 0.454 e. The molecule has 0 spiro atoms. The fourth-order valence-electron chi connectivity index (χ4n) is 7.26. The van der Waals surface area contributed by atoms with Gasteiger partial charge < -0.3 is 20.4 Å².